The van der Waals surface area contributed by atoms with Crippen LogP contribution < -0.4 is 4.90 Å². The zero-order valence-electron chi connectivity index (χ0n) is 20.6. The van der Waals surface area contributed by atoms with E-state index in [0.717, 1.165) is 46.3 Å². The predicted octanol–water partition coefficient (Wildman–Crippen LogP) is 5.17. The molecule has 182 valence electrons. The molecule has 0 spiro atoms. The van der Waals surface area contributed by atoms with Crippen LogP contribution in [0.15, 0.2) is 42.0 Å². The fraction of sp³-hybridized carbons (Fsp3) is 0.379. The fourth-order valence-electron chi connectivity index (χ4n) is 5.72. The molecule has 1 N–H and O–H groups in total. The molecule has 2 aliphatic rings. The third-order valence-corrected chi connectivity index (χ3v) is 7.50. The van der Waals surface area contributed by atoms with Gasteiger partial charge in [-0.25, -0.2) is 4.79 Å². The van der Waals surface area contributed by atoms with Crippen molar-refractivity contribution in [3.05, 3.63) is 58.7 Å². The summed E-state index contributed by atoms with van der Waals surface area (Å²) in [4.78, 5) is 27.3. The summed E-state index contributed by atoms with van der Waals surface area (Å²) in [6.45, 7) is -0.175. The minimum Gasteiger partial charge on any atom is -0.466 e. The van der Waals surface area contributed by atoms with Crippen molar-refractivity contribution in [2.75, 3.05) is 32.7 Å². The monoisotopic (exact) mass is 472 g/mol. The van der Waals surface area contributed by atoms with Gasteiger partial charge in [-0.1, -0.05) is 37.5 Å². The number of aliphatic hydroxyl groups is 1. The smallest absolute Gasteiger partial charge is 0.335 e. The standard InChI is InChI=1S/C29H32N2O4/c1-30(2)22-10-12-23-20(14-22)13-21(29(34)35-3)16-31-25-15-19(26(33)17-32)9-11-24(25)27(28(23)31)18-7-5-4-6-8-18/h9-15,18,32H,4-8,16-17H2,1-3H3. The number of benzene rings is 2. The van der Waals surface area contributed by atoms with Gasteiger partial charge in [0.25, 0.3) is 0 Å². The molecule has 1 saturated carbocycles. The second-order valence-corrected chi connectivity index (χ2v) is 9.82. The quantitative estimate of drug-likeness (QED) is 0.410. The number of fused-ring (bicyclic) bond motifs is 5. The highest BCUT2D eigenvalue weighted by atomic mass is 16.5. The van der Waals surface area contributed by atoms with Crippen LogP contribution in [0.4, 0.5) is 5.69 Å². The molecule has 6 nitrogen and oxygen atoms in total. The van der Waals surface area contributed by atoms with E-state index in [4.69, 9.17) is 4.74 Å². The summed E-state index contributed by atoms with van der Waals surface area (Å²) in [6.07, 6.45) is 7.88. The van der Waals surface area contributed by atoms with Gasteiger partial charge in [-0.2, -0.15) is 0 Å². The summed E-state index contributed by atoms with van der Waals surface area (Å²) < 4.78 is 7.33. The van der Waals surface area contributed by atoms with Crippen LogP contribution in [0.25, 0.3) is 28.2 Å². The Kier molecular flexibility index (Phi) is 6.24. The van der Waals surface area contributed by atoms with Gasteiger partial charge in [-0.15, -0.1) is 0 Å². The number of Topliss-reactive ketones (excluding diaryl/α,β-unsaturated/α-hetero) is 1. The first-order valence-electron chi connectivity index (χ1n) is 12.3. The molecule has 0 unspecified atom stereocenters. The van der Waals surface area contributed by atoms with E-state index in [1.807, 2.05) is 38.4 Å². The Morgan fingerprint density at radius 3 is 2.54 bits per heavy atom. The van der Waals surface area contributed by atoms with E-state index in [-0.39, 0.29) is 11.8 Å². The van der Waals surface area contributed by atoms with Crippen LogP contribution in [0.3, 0.4) is 0 Å². The van der Waals surface area contributed by atoms with E-state index in [1.54, 1.807) is 0 Å². The molecule has 0 amide bonds. The Morgan fingerprint density at radius 2 is 1.86 bits per heavy atom. The summed E-state index contributed by atoms with van der Waals surface area (Å²) >= 11 is 0. The maximum absolute atomic E-state index is 12.8. The summed E-state index contributed by atoms with van der Waals surface area (Å²) in [6, 6.07) is 12.1. The van der Waals surface area contributed by atoms with Gasteiger partial charge >= 0.3 is 5.97 Å². The summed E-state index contributed by atoms with van der Waals surface area (Å²) in [5.41, 5.74) is 7.52. The van der Waals surface area contributed by atoms with Crippen molar-refractivity contribution in [2.45, 2.75) is 44.6 Å². The normalized spacial score (nSPS) is 15.7. The van der Waals surface area contributed by atoms with E-state index in [1.165, 1.54) is 31.9 Å². The van der Waals surface area contributed by atoms with E-state index in [9.17, 15) is 14.7 Å². The third kappa shape index (κ3) is 4.06. The van der Waals surface area contributed by atoms with Gasteiger partial charge in [0.15, 0.2) is 5.78 Å². The number of ether oxygens (including phenoxy) is 1. The highest BCUT2D eigenvalue weighted by Gasteiger charge is 2.30. The van der Waals surface area contributed by atoms with Crippen molar-refractivity contribution < 1.29 is 19.4 Å². The molecular formula is C29H32N2O4. The van der Waals surface area contributed by atoms with E-state index < -0.39 is 6.61 Å². The van der Waals surface area contributed by atoms with Crippen LogP contribution in [0.1, 0.15) is 59.5 Å². The maximum Gasteiger partial charge on any atom is 0.335 e. The van der Waals surface area contributed by atoms with Gasteiger partial charge in [0, 0.05) is 41.8 Å². The Bertz CT molecular complexity index is 1340. The van der Waals surface area contributed by atoms with Crippen molar-refractivity contribution in [3.8, 4) is 11.3 Å². The van der Waals surface area contributed by atoms with Gasteiger partial charge in [0.2, 0.25) is 0 Å². The number of aliphatic hydroxyl groups excluding tert-OH is 1. The number of esters is 1. The molecule has 1 aromatic heterocycles. The lowest BCUT2D eigenvalue weighted by molar-refractivity contribution is -0.136. The van der Waals surface area contributed by atoms with Crippen LogP contribution in [-0.4, -0.2) is 49.2 Å². The predicted molar refractivity (Wildman–Crippen MR) is 139 cm³/mol. The lowest BCUT2D eigenvalue weighted by Gasteiger charge is -2.24. The van der Waals surface area contributed by atoms with Crippen molar-refractivity contribution in [1.82, 2.24) is 4.57 Å². The second-order valence-electron chi connectivity index (χ2n) is 9.82. The summed E-state index contributed by atoms with van der Waals surface area (Å²) in [7, 11) is 5.42. The average Bonchev–Trinajstić information content (AvgIpc) is 3.10. The number of nitrogens with zero attached hydrogens (tertiary/aromatic N) is 2. The fourth-order valence-corrected chi connectivity index (χ4v) is 5.72. The molecule has 35 heavy (non-hydrogen) atoms. The number of hydrogen-bond donors (Lipinski definition) is 1. The zero-order valence-corrected chi connectivity index (χ0v) is 20.6. The molecule has 2 aromatic carbocycles. The summed E-state index contributed by atoms with van der Waals surface area (Å²) in [5.74, 6) is -0.249. The van der Waals surface area contributed by atoms with Crippen molar-refractivity contribution in [2.24, 2.45) is 0 Å². The molecule has 0 bridgehead atoms. The lowest BCUT2D eigenvalue weighted by Crippen LogP contribution is -2.12. The molecular weight excluding hydrogens is 440 g/mol. The first-order chi connectivity index (χ1) is 16.9. The van der Waals surface area contributed by atoms with Gasteiger partial charge in [0.1, 0.15) is 6.61 Å². The number of hydrogen-bond acceptors (Lipinski definition) is 5. The van der Waals surface area contributed by atoms with Gasteiger partial charge in [0.05, 0.1) is 24.9 Å². The molecule has 1 aliphatic carbocycles. The number of aromatic nitrogens is 1. The highest BCUT2D eigenvalue weighted by Crippen LogP contribution is 2.47. The molecule has 5 rings (SSSR count). The van der Waals surface area contributed by atoms with Crippen molar-refractivity contribution in [3.63, 3.8) is 0 Å². The van der Waals surface area contributed by atoms with Gasteiger partial charge in [-0.3, -0.25) is 4.79 Å². The Balaban J connectivity index is 1.85. The summed E-state index contributed by atoms with van der Waals surface area (Å²) in [5, 5.41) is 10.6. The lowest BCUT2D eigenvalue weighted by atomic mass is 9.81. The topological polar surface area (TPSA) is 71.8 Å². The van der Waals surface area contributed by atoms with Crippen molar-refractivity contribution >= 4 is 34.4 Å². The molecule has 0 atom stereocenters. The zero-order chi connectivity index (χ0) is 24.7. The highest BCUT2D eigenvalue weighted by molar-refractivity contribution is 6.04. The Hall–Kier alpha value is -3.38. The number of rotatable bonds is 5. The molecule has 2 heterocycles. The molecule has 6 heteroatoms. The molecule has 3 aromatic rings. The maximum atomic E-state index is 12.8. The van der Waals surface area contributed by atoms with Crippen LogP contribution >= 0.6 is 0 Å². The second kappa shape index (κ2) is 9.34. The van der Waals surface area contributed by atoms with Gasteiger partial charge in [-0.05, 0) is 54.2 Å². The minimum absolute atomic E-state index is 0.310. The number of carbonyl (C=O) groups excluding carboxylic acids is 2. The number of carbonyl (C=O) groups is 2. The SMILES string of the molecule is COC(=O)C1=Cc2cc(N(C)C)ccc2-c2c(C3CCCCC3)c3ccc(C(=O)CO)cc3n2C1. The minimum atomic E-state index is -0.530. The largest absolute Gasteiger partial charge is 0.466 e. The Morgan fingerprint density at radius 1 is 1.09 bits per heavy atom. The molecule has 1 fully saturated rings. The van der Waals surface area contributed by atoms with E-state index >= 15 is 0 Å². The van der Waals surface area contributed by atoms with Crippen molar-refractivity contribution in [1.29, 1.82) is 0 Å². The first-order valence-corrected chi connectivity index (χ1v) is 12.3. The number of methoxy groups -OCH3 is 1. The van der Waals surface area contributed by atoms with Crippen LogP contribution in [-0.2, 0) is 16.1 Å². The number of ketones is 1. The van der Waals surface area contributed by atoms with Crippen LogP contribution in [0, 0.1) is 0 Å². The van der Waals surface area contributed by atoms with E-state index in [0.29, 0.717) is 23.6 Å². The molecule has 0 radical (unpaired) electrons. The molecule has 0 saturated heterocycles. The first kappa shape index (κ1) is 23.4. The molecule has 1 aliphatic heterocycles. The van der Waals surface area contributed by atoms with Gasteiger partial charge < -0.3 is 19.3 Å². The number of anilines is 1. The van der Waals surface area contributed by atoms with E-state index in [2.05, 4.69) is 27.7 Å². The Labute approximate surface area is 205 Å². The third-order valence-electron chi connectivity index (χ3n) is 7.50. The average molecular weight is 473 g/mol. The van der Waals surface area contributed by atoms with Crippen LogP contribution in [0.2, 0.25) is 0 Å². The van der Waals surface area contributed by atoms with Crippen LogP contribution in [0.5, 0.6) is 0 Å².